The summed E-state index contributed by atoms with van der Waals surface area (Å²) < 4.78 is 65.8. The third kappa shape index (κ3) is 5.53. The fraction of sp³-hybridized carbons (Fsp3) is 0.350. The van der Waals surface area contributed by atoms with Gasteiger partial charge in [-0.25, -0.2) is 12.7 Å². The van der Waals surface area contributed by atoms with Gasteiger partial charge in [-0.05, 0) is 36.6 Å². The number of halogens is 4. The molecule has 1 aliphatic heterocycles. The lowest BCUT2D eigenvalue weighted by Gasteiger charge is -2.31. The van der Waals surface area contributed by atoms with Gasteiger partial charge in [-0.15, -0.1) is 0 Å². The second-order valence-electron chi connectivity index (χ2n) is 7.12. The van der Waals surface area contributed by atoms with Crippen molar-refractivity contribution in [3.63, 3.8) is 0 Å². The standard InChI is InChI=1S/C20H20ClF3N2O3S/c21-18-9-8-16(11-17(18)20(22,23)24)25-19(27)15-7-4-10-26(12-15)30(28,29)13-14-5-2-1-3-6-14/h1-3,5-6,8-9,11,15H,4,7,10,12-13H2,(H,25,27)/t15-/m1/s1. The lowest BCUT2D eigenvalue weighted by atomic mass is 9.98. The molecule has 0 spiro atoms. The van der Waals surface area contributed by atoms with Crippen LogP contribution in [0.5, 0.6) is 0 Å². The molecule has 30 heavy (non-hydrogen) atoms. The van der Waals surface area contributed by atoms with Crippen molar-refractivity contribution in [3.05, 3.63) is 64.7 Å². The molecule has 1 N–H and O–H groups in total. The quantitative estimate of drug-likeness (QED) is 0.712. The average Bonchev–Trinajstić information content (AvgIpc) is 2.69. The molecule has 2 aromatic carbocycles. The van der Waals surface area contributed by atoms with Crippen molar-refractivity contribution >= 4 is 33.2 Å². The minimum Gasteiger partial charge on any atom is -0.326 e. The fourth-order valence-electron chi connectivity index (χ4n) is 3.35. The first-order valence-corrected chi connectivity index (χ1v) is 11.2. The highest BCUT2D eigenvalue weighted by molar-refractivity contribution is 7.88. The highest BCUT2D eigenvalue weighted by Gasteiger charge is 2.35. The Morgan fingerprint density at radius 2 is 1.87 bits per heavy atom. The van der Waals surface area contributed by atoms with Crippen LogP contribution in [-0.2, 0) is 26.7 Å². The van der Waals surface area contributed by atoms with Gasteiger partial charge in [0.15, 0.2) is 0 Å². The van der Waals surface area contributed by atoms with Gasteiger partial charge in [0.25, 0.3) is 0 Å². The number of nitrogens with zero attached hydrogens (tertiary/aromatic N) is 1. The summed E-state index contributed by atoms with van der Waals surface area (Å²) in [6.07, 6.45) is -3.71. The molecule has 0 saturated carbocycles. The van der Waals surface area contributed by atoms with Crippen LogP contribution in [0.15, 0.2) is 48.5 Å². The number of anilines is 1. The van der Waals surface area contributed by atoms with Crippen LogP contribution in [-0.4, -0.2) is 31.7 Å². The van der Waals surface area contributed by atoms with Crippen molar-refractivity contribution in [2.45, 2.75) is 24.8 Å². The number of hydrogen-bond donors (Lipinski definition) is 1. The summed E-state index contributed by atoms with van der Waals surface area (Å²) in [6.45, 7) is 0.291. The molecule has 0 aromatic heterocycles. The molecule has 0 unspecified atom stereocenters. The van der Waals surface area contributed by atoms with Gasteiger partial charge in [0.05, 0.1) is 22.3 Å². The van der Waals surface area contributed by atoms with Crippen molar-refractivity contribution in [3.8, 4) is 0 Å². The Hall–Kier alpha value is -2.10. The van der Waals surface area contributed by atoms with Crippen LogP contribution in [0.1, 0.15) is 24.0 Å². The van der Waals surface area contributed by atoms with E-state index in [4.69, 9.17) is 11.6 Å². The van der Waals surface area contributed by atoms with Crippen LogP contribution in [0.3, 0.4) is 0 Å². The van der Waals surface area contributed by atoms with Gasteiger partial charge in [-0.1, -0.05) is 41.9 Å². The molecule has 10 heteroatoms. The van der Waals surface area contributed by atoms with Gasteiger partial charge in [0, 0.05) is 18.8 Å². The molecule has 1 fully saturated rings. The summed E-state index contributed by atoms with van der Waals surface area (Å²) in [7, 11) is -3.62. The first-order valence-electron chi connectivity index (χ1n) is 9.25. The third-order valence-electron chi connectivity index (χ3n) is 4.88. The van der Waals surface area contributed by atoms with E-state index in [1.807, 2.05) is 0 Å². The summed E-state index contributed by atoms with van der Waals surface area (Å²) in [5, 5.41) is 1.99. The zero-order chi connectivity index (χ0) is 21.9. The maximum absolute atomic E-state index is 13.0. The first kappa shape index (κ1) is 22.6. The Balaban J connectivity index is 1.69. The number of sulfonamides is 1. The molecule has 1 heterocycles. The fourth-order valence-corrected chi connectivity index (χ4v) is 5.19. The summed E-state index contributed by atoms with van der Waals surface area (Å²) >= 11 is 5.60. The summed E-state index contributed by atoms with van der Waals surface area (Å²) in [5.74, 6) is -1.35. The number of benzene rings is 2. The Morgan fingerprint density at radius 1 is 1.17 bits per heavy atom. The lowest BCUT2D eigenvalue weighted by molar-refractivity contribution is -0.137. The van der Waals surface area contributed by atoms with Crippen LogP contribution in [0.2, 0.25) is 5.02 Å². The third-order valence-corrected chi connectivity index (χ3v) is 7.03. The molecule has 1 saturated heterocycles. The number of carbonyl (C=O) groups excluding carboxylic acids is 1. The van der Waals surface area contributed by atoms with E-state index >= 15 is 0 Å². The predicted octanol–water partition coefficient (Wildman–Crippen LogP) is 4.54. The zero-order valence-corrected chi connectivity index (χ0v) is 17.4. The van der Waals surface area contributed by atoms with Gasteiger partial charge in [0.1, 0.15) is 0 Å². The molecule has 0 radical (unpaired) electrons. The smallest absolute Gasteiger partial charge is 0.326 e. The van der Waals surface area contributed by atoms with E-state index in [0.717, 1.165) is 12.1 Å². The highest BCUT2D eigenvalue weighted by atomic mass is 35.5. The number of amides is 1. The molecular weight excluding hydrogens is 441 g/mol. The van der Waals surface area contributed by atoms with Crippen LogP contribution >= 0.6 is 11.6 Å². The van der Waals surface area contributed by atoms with Crippen LogP contribution in [0.4, 0.5) is 18.9 Å². The van der Waals surface area contributed by atoms with Gasteiger partial charge in [-0.2, -0.15) is 13.2 Å². The summed E-state index contributed by atoms with van der Waals surface area (Å²) in [6, 6.07) is 11.8. The molecule has 0 aliphatic carbocycles. The van der Waals surface area contributed by atoms with Gasteiger partial charge < -0.3 is 5.32 Å². The molecule has 0 bridgehead atoms. The van der Waals surface area contributed by atoms with E-state index in [0.29, 0.717) is 24.9 Å². The molecule has 1 aliphatic rings. The molecule has 1 atom stereocenters. The van der Waals surface area contributed by atoms with Crippen molar-refractivity contribution in [1.82, 2.24) is 4.31 Å². The van der Waals surface area contributed by atoms with Crippen molar-refractivity contribution in [1.29, 1.82) is 0 Å². The minimum absolute atomic E-state index is 0.0132. The number of nitrogens with one attached hydrogen (secondary N) is 1. The second kappa shape index (κ2) is 8.95. The van der Waals surface area contributed by atoms with E-state index < -0.39 is 38.6 Å². The van der Waals surface area contributed by atoms with Gasteiger partial charge in [-0.3, -0.25) is 4.79 Å². The van der Waals surface area contributed by atoms with Crippen LogP contribution in [0, 0.1) is 5.92 Å². The summed E-state index contributed by atoms with van der Waals surface area (Å²) in [4.78, 5) is 12.6. The number of carbonyl (C=O) groups is 1. The van der Waals surface area contributed by atoms with Crippen LogP contribution < -0.4 is 5.32 Å². The molecule has 5 nitrogen and oxygen atoms in total. The minimum atomic E-state index is -4.65. The van der Waals surface area contributed by atoms with Gasteiger partial charge >= 0.3 is 6.18 Å². The molecule has 1 amide bonds. The Labute approximate surface area is 177 Å². The van der Waals surface area contributed by atoms with E-state index in [9.17, 15) is 26.4 Å². The van der Waals surface area contributed by atoms with Crippen molar-refractivity contribution < 1.29 is 26.4 Å². The number of piperidine rings is 1. The maximum Gasteiger partial charge on any atom is 0.417 e. The molecular formula is C20H20ClF3N2O3S. The van der Waals surface area contributed by atoms with Crippen molar-refractivity contribution in [2.24, 2.45) is 5.92 Å². The second-order valence-corrected chi connectivity index (χ2v) is 9.50. The van der Waals surface area contributed by atoms with Crippen molar-refractivity contribution in [2.75, 3.05) is 18.4 Å². The average molecular weight is 461 g/mol. The van der Waals surface area contributed by atoms with E-state index in [-0.39, 0.29) is 18.0 Å². The number of alkyl halides is 3. The van der Waals surface area contributed by atoms with Crippen LogP contribution in [0.25, 0.3) is 0 Å². The molecule has 3 rings (SSSR count). The predicted molar refractivity (Wildman–Crippen MR) is 108 cm³/mol. The Bertz CT molecular complexity index is 1010. The number of hydrogen-bond acceptors (Lipinski definition) is 3. The van der Waals surface area contributed by atoms with E-state index in [1.54, 1.807) is 30.3 Å². The normalized spacial score (nSPS) is 18.2. The highest BCUT2D eigenvalue weighted by Crippen LogP contribution is 2.36. The van der Waals surface area contributed by atoms with Gasteiger partial charge in [0.2, 0.25) is 15.9 Å². The Kier molecular flexibility index (Phi) is 6.74. The first-order chi connectivity index (χ1) is 14.1. The van der Waals surface area contributed by atoms with E-state index in [1.165, 1.54) is 10.4 Å². The Morgan fingerprint density at radius 3 is 2.53 bits per heavy atom. The SMILES string of the molecule is O=C(Nc1ccc(Cl)c(C(F)(F)F)c1)[C@@H]1CCCN(S(=O)(=O)Cc2ccccc2)C1. The lowest BCUT2D eigenvalue weighted by Crippen LogP contribution is -2.44. The summed E-state index contributed by atoms with van der Waals surface area (Å²) in [5.41, 5.74) is -0.441. The number of rotatable bonds is 5. The van der Waals surface area contributed by atoms with E-state index in [2.05, 4.69) is 5.32 Å². The largest absolute Gasteiger partial charge is 0.417 e. The zero-order valence-electron chi connectivity index (χ0n) is 15.8. The molecule has 162 valence electrons. The monoisotopic (exact) mass is 460 g/mol. The molecule has 2 aromatic rings. The topological polar surface area (TPSA) is 66.5 Å². The maximum atomic E-state index is 13.0.